The molecular weight excluding hydrogens is 280 g/mol. The third kappa shape index (κ3) is 3.78. The van der Waals surface area contributed by atoms with Gasteiger partial charge < -0.3 is 15.0 Å². The molecule has 1 aliphatic carbocycles. The lowest BCUT2D eigenvalue weighted by Gasteiger charge is -2.33. The Morgan fingerprint density at radius 1 is 1.18 bits per heavy atom. The molecule has 5 heteroatoms. The molecule has 1 aromatic carbocycles. The normalized spacial score (nSPS) is 18.8. The van der Waals surface area contributed by atoms with Crippen LogP contribution in [0.2, 0.25) is 0 Å². The fourth-order valence-electron chi connectivity index (χ4n) is 3.01. The Bertz CT molecular complexity index is 540. The van der Waals surface area contributed by atoms with E-state index in [9.17, 15) is 9.59 Å². The van der Waals surface area contributed by atoms with Crippen molar-refractivity contribution >= 4 is 11.8 Å². The van der Waals surface area contributed by atoms with Crippen molar-refractivity contribution < 1.29 is 14.3 Å². The monoisotopic (exact) mass is 302 g/mol. The highest BCUT2D eigenvalue weighted by Gasteiger charge is 2.46. The van der Waals surface area contributed by atoms with Crippen molar-refractivity contribution in [2.24, 2.45) is 5.41 Å². The van der Waals surface area contributed by atoms with E-state index in [0.29, 0.717) is 11.2 Å². The minimum Gasteiger partial charge on any atom is -0.484 e. The summed E-state index contributed by atoms with van der Waals surface area (Å²) in [7, 11) is 0. The second-order valence-electron chi connectivity index (χ2n) is 6.30. The Kier molecular flexibility index (Phi) is 4.32. The van der Waals surface area contributed by atoms with E-state index >= 15 is 0 Å². The van der Waals surface area contributed by atoms with Crippen molar-refractivity contribution in [3.63, 3.8) is 0 Å². The molecule has 22 heavy (non-hydrogen) atoms. The van der Waals surface area contributed by atoms with Crippen LogP contribution in [0.25, 0.3) is 0 Å². The maximum atomic E-state index is 12.2. The van der Waals surface area contributed by atoms with Crippen LogP contribution in [-0.4, -0.2) is 43.0 Å². The van der Waals surface area contributed by atoms with Crippen LogP contribution >= 0.6 is 0 Å². The van der Waals surface area contributed by atoms with E-state index in [1.807, 2.05) is 23.1 Å². The predicted octanol–water partition coefficient (Wildman–Crippen LogP) is 1.58. The van der Waals surface area contributed by atoms with E-state index < -0.39 is 0 Å². The van der Waals surface area contributed by atoms with Gasteiger partial charge in [0.25, 0.3) is 5.91 Å². The van der Waals surface area contributed by atoms with Crippen LogP contribution in [0, 0.1) is 5.41 Å². The van der Waals surface area contributed by atoms with Gasteiger partial charge in [0.15, 0.2) is 6.61 Å². The molecule has 1 aliphatic heterocycles. The summed E-state index contributed by atoms with van der Waals surface area (Å²) in [4.78, 5) is 25.8. The second kappa shape index (κ2) is 6.38. The van der Waals surface area contributed by atoms with Gasteiger partial charge in [-0.2, -0.15) is 0 Å². The van der Waals surface area contributed by atoms with Crippen LogP contribution in [0.3, 0.4) is 0 Å². The molecule has 2 aliphatic rings. The molecule has 0 atom stereocenters. The molecule has 1 saturated heterocycles. The highest BCUT2D eigenvalue weighted by Crippen LogP contribution is 2.51. The molecule has 5 nitrogen and oxygen atoms in total. The number of ether oxygens (including phenoxy) is 1. The largest absolute Gasteiger partial charge is 0.484 e. The molecule has 0 aromatic heterocycles. The molecule has 118 valence electrons. The summed E-state index contributed by atoms with van der Waals surface area (Å²) in [5.41, 5.74) is 0.411. The molecule has 2 fully saturated rings. The van der Waals surface area contributed by atoms with Crippen molar-refractivity contribution in [2.75, 3.05) is 26.2 Å². The number of rotatable bonds is 5. The number of hydrogen-bond donors (Lipinski definition) is 1. The molecule has 0 radical (unpaired) electrons. The van der Waals surface area contributed by atoms with Crippen molar-refractivity contribution in [3.05, 3.63) is 30.3 Å². The number of benzene rings is 1. The first-order valence-corrected chi connectivity index (χ1v) is 7.89. The first-order valence-electron chi connectivity index (χ1n) is 7.89. The first kappa shape index (κ1) is 14.9. The van der Waals surface area contributed by atoms with Crippen molar-refractivity contribution in [1.82, 2.24) is 10.2 Å². The van der Waals surface area contributed by atoms with Crippen molar-refractivity contribution in [1.29, 1.82) is 0 Å². The molecule has 1 spiro atoms. The summed E-state index contributed by atoms with van der Waals surface area (Å²) in [6.07, 6.45) is 4.81. The maximum Gasteiger partial charge on any atom is 0.258 e. The number of amides is 2. The van der Waals surface area contributed by atoms with Crippen LogP contribution in [0.1, 0.15) is 25.7 Å². The minimum atomic E-state index is -0.268. The summed E-state index contributed by atoms with van der Waals surface area (Å²) in [5, 5.41) is 2.64. The van der Waals surface area contributed by atoms with Gasteiger partial charge in [-0.15, -0.1) is 0 Å². The van der Waals surface area contributed by atoms with E-state index in [0.717, 1.165) is 19.5 Å². The first-order chi connectivity index (χ1) is 10.7. The SMILES string of the molecule is O=C(COc1ccccc1)NCC(=O)N1CCCC2(CC2)C1. The smallest absolute Gasteiger partial charge is 0.258 e. The lowest BCUT2D eigenvalue weighted by molar-refractivity contribution is -0.135. The predicted molar refractivity (Wildman–Crippen MR) is 82.4 cm³/mol. The Labute approximate surface area is 130 Å². The lowest BCUT2D eigenvalue weighted by Crippen LogP contribution is -2.46. The molecule has 3 rings (SSSR count). The number of carbonyl (C=O) groups excluding carboxylic acids is 2. The Morgan fingerprint density at radius 3 is 2.68 bits per heavy atom. The second-order valence-corrected chi connectivity index (χ2v) is 6.30. The topological polar surface area (TPSA) is 58.6 Å². The molecule has 0 bridgehead atoms. The third-order valence-corrected chi connectivity index (χ3v) is 4.52. The fraction of sp³-hybridized carbons (Fsp3) is 0.529. The van der Waals surface area contributed by atoms with Gasteiger partial charge in [0.2, 0.25) is 5.91 Å². The number of nitrogens with zero attached hydrogens (tertiary/aromatic N) is 1. The zero-order valence-corrected chi connectivity index (χ0v) is 12.7. The summed E-state index contributed by atoms with van der Waals surface area (Å²) in [6, 6.07) is 9.17. The molecule has 1 aromatic rings. The van der Waals surface area contributed by atoms with Gasteiger partial charge >= 0.3 is 0 Å². The number of para-hydroxylation sites is 1. The van der Waals surface area contributed by atoms with E-state index in [1.54, 1.807) is 12.1 Å². The van der Waals surface area contributed by atoms with Gasteiger partial charge in [-0.3, -0.25) is 9.59 Å². The van der Waals surface area contributed by atoms with Gasteiger partial charge in [-0.25, -0.2) is 0 Å². The van der Waals surface area contributed by atoms with Crippen molar-refractivity contribution in [3.8, 4) is 5.75 Å². The fourth-order valence-corrected chi connectivity index (χ4v) is 3.01. The van der Waals surface area contributed by atoms with Gasteiger partial charge in [0, 0.05) is 13.1 Å². The summed E-state index contributed by atoms with van der Waals surface area (Å²) in [5.74, 6) is 0.394. The van der Waals surface area contributed by atoms with E-state index in [-0.39, 0.29) is 25.0 Å². The number of nitrogens with one attached hydrogen (secondary N) is 1. The summed E-state index contributed by atoms with van der Waals surface area (Å²) < 4.78 is 5.35. The van der Waals surface area contributed by atoms with E-state index in [1.165, 1.54) is 19.3 Å². The molecular formula is C17H22N2O3. The van der Waals surface area contributed by atoms with Crippen LogP contribution in [0.15, 0.2) is 30.3 Å². The van der Waals surface area contributed by atoms with Crippen molar-refractivity contribution in [2.45, 2.75) is 25.7 Å². The zero-order valence-electron chi connectivity index (χ0n) is 12.7. The van der Waals surface area contributed by atoms with Crippen LogP contribution in [0.4, 0.5) is 0 Å². The van der Waals surface area contributed by atoms with Gasteiger partial charge in [-0.05, 0) is 43.2 Å². The lowest BCUT2D eigenvalue weighted by atomic mass is 9.95. The Balaban J connectivity index is 1.38. The number of hydrogen-bond acceptors (Lipinski definition) is 3. The highest BCUT2D eigenvalue weighted by molar-refractivity contribution is 5.85. The number of carbonyl (C=O) groups is 2. The third-order valence-electron chi connectivity index (χ3n) is 4.52. The number of piperidine rings is 1. The summed E-state index contributed by atoms with van der Waals surface area (Å²) >= 11 is 0. The zero-order chi connectivity index (χ0) is 15.4. The average Bonchev–Trinajstić information content (AvgIpc) is 3.30. The molecule has 1 heterocycles. The van der Waals surface area contributed by atoms with E-state index in [2.05, 4.69) is 5.32 Å². The van der Waals surface area contributed by atoms with Gasteiger partial charge in [0.1, 0.15) is 5.75 Å². The summed E-state index contributed by atoms with van der Waals surface area (Å²) in [6.45, 7) is 1.67. The molecule has 2 amide bonds. The van der Waals surface area contributed by atoms with Crippen LogP contribution < -0.4 is 10.1 Å². The Hall–Kier alpha value is -2.04. The van der Waals surface area contributed by atoms with Gasteiger partial charge in [0.05, 0.1) is 6.54 Å². The highest BCUT2D eigenvalue weighted by atomic mass is 16.5. The standard InChI is InChI=1S/C17H22N2O3/c20-15(12-22-14-5-2-1-3-6-14)18-11-16(21)19-10-4-7-17(13-19)8-9-17/h1-3,5-6H,4,7-13H2,(H,18,20). The molecule has 0 unspecified atom stereocenters. The molecule has 1 N–H and O–H groups in total. The maximum absolute atomic E-state index is 12.2. The molecule has 1 saturated carbocycles. The van der Waals surface area contributed by atoms with Crippen LogP contribution in [-0.2, 0) is 9.59 Å². The van der Waals surface area contributed by atoms with Crippen LogP contribution in [0.5, 0.6) is 5.75 Å². The minimum absolute atomic E-state index is 0.0130. The Morgan fingerprint density at radius 2 is 1.95 bits per heavy atom. The van der Waals surface area contributed by atoms with E-state index in [4.69, 9.17) is 4.74 Å². The number of likely N-dealkylation sites (tertiary alicyclic amines) is 1. The quantitative estimate of drug-likeness (QED) is 0.898. The van der Waals surface area contributed by atoms with Gasteiger partial charge in [-0.1, -0.05) is 18.2 Å². The average molecular weight is 302 g/mol.